The third kappa shape index (κ3) is 4.71. The lowest BCUT2D eigenvalue weighted by Gasteiger charge is -2.33. The Balaban J connectivity index is 1.62. The van der Waals surface area contributed by atoms with E-state index < -0.39 is 0 Å². The Hall–Kier alpha value is -1.10. The van der Waals surface area contributed by atoms with Crippen molar-refractivity contribution in [3.63, 3.8) is 0 Å². The van der Waals surface area contributed by atoms with Crippen LogP contribution in [0.2, 0.25) is 5.02 Å². The maximum absolute atomic E-state index is 12.9. The Labute approximate surface area is 150 Å². The summed E-state index contributed by atoms with van der Waals surface area (Å²) in [5.41, 5.74) is 0.929. The highest BCUT2D eigenvalue weighted by Crippen LogP contribution is 2.18. The molecule has 4 nitrogen and oxygen atoms in total. The Kier molecular flexibility index (Phi) is 6.52. The van der Waals surface area contributed by atoms with Crippen molar-refractivity contribution in [1.29, 1.82) is 0 Å². The summed E-state index contributed by atoms with van der Waals surface area (Å²) in [6.45, 7) is 6.09. The van der Waals surface area contributed by atoms with Gasteiger partial charge in [-0.15, -0.1) is 0 Å². The topological polar surface area (TPSA) is 35.6 Å². The van der Waals surface area contributed by atoms with Gasteiger partial charge < -0.3 is 15.1 Å². The summed E-state index contributed by atoms with van der Waals surface area (Å²) in [5, 5.41) is 4.07. The van der Waals surface area contributed by atoms with E-state index in [1.807, 2.05) is 24.3 Å². The first-order chi connectivity index (χ1) is 11.7. The number of halogens is 1. The minimum absolute atomic E-state index is 0.203. The second kappa shape index (κ2) is 8.84. The lowest BCUT2D eigenvalue weighted by molar-refractivity contribution is -0.132. The first kappa shape index (κ1) is 17.7. The minimum Gasteiger partial charge on any atom is -0.337 e. The van der Waals surface area contributed by atoms with Gasteiger partial charge in [0.05, 0.1) is 6.42 Å². The number of carbonyl (C=O) groups is 1. The van der Waals surface area contributed by atoms with E-state index in [0.717, 1.165) is 38.2 Å². The van der Waals surface area contributed by atoms with Crippen molar-refractivity contribution in [2.75, 3.05) is 39.3 Å². The van der Waals surface area contributed by atoms with E-state index in [0.29, 0.717) is 17.5 Å². The Morgan fingerprint density at radius 3 is 2.75 bits per heavy atom. The number of amides is 1. The van der Waals surface area contributed by atoms with Crippen LogP contribution in [0.15, 0.2) is 24.3 Å². The third-order valence-electron chi connectivity index (χ3n) is 5.20. The third-order valence-corrected chi connectivity index (χ3v) is 5.57. The van der Waals surface area contributed by atoms with E-state index in [9.17, 15) is 4.79 Å². The van der Waals surface area contributed by atoms with Crippen LogP contribution in [0.25, 0.3) is 0 Å². The van der Waals surface area contributed by atoms with Gasteiger partial charge in [0.25, 0.3) is 0 Å². The second-order valence-electron chi connectivity index (χ2n) is 6.90. The average Bonchev–Trinajstić information content (AvgIpc) is 3.12. The molecule has 0 saturated carbocycles. The minimum atomic E-state index is 0.203. The number of nitrogens with zero attached hydrogens (tertiary/aromatic N) is 2. The zero-order valence-corrected chi connectivity index (χ0v) is 15.1. The molecular weight excluding hydrogens is 322 g/mol. The molecule has 0 radical (unpaired) electrons. The summed E-state index contributed by atoms with van der Waals surface area (Å²) in [7, 11) is 0. The van der Waals surface area contributed by atoms with Crippen LogP contribution in [-0.2, 0) is 11.2 Å². The van der Waals surface area contributed by atoms with Gasteiger partial charge in [-0.2, -0.15) is 0 Å². The van der Waals surface area contributed by atoms with Crippen LogP contribution in [0.5, 0.6) is 0 Å². The zero-order chi connectivity index (χ0) is 16.8. The van der Waals surface area contributed by atoms with Crippen molar-refractivity contribution in [3.05, 3.63) is 34.9 Å². The van der Waals surface area contributed by atoms with E-state index in [4.69, 9.17) is 11.6 Å². The molecule has 24 heavy (non-hydrogen) atoms. The maximum atomic E-state index is 12.9. The van der Waals surface area contributed by atoms with Gasteiger partial charge in [0, 0.05) is 30.7 Å². The van der Waals surface area contributed by atoms with Gasteiger partial charge in [0.1, 0.15) is 0 Å². The molecule has 132 valence electrons. The van der Waals surface area contributed by atoms with E-state index in [1.54, 1.807) is 0 Å². The van der Waals surface area contributed by atoms with Crippen molar-refractivity contribution in [1.82, 2.24) is 15.1 Å². The predicted molar refractivity (Wildman–Crippen MR) is 98.4 cm³/mol. The molecule has 1 atom stereocenters. The monoisotopic (exact) mass is 349 g/mol. The highest BCUT2D eigenvalue weighted by molar-refractivity contribution is 6.31. The first-order valence-electron chi connectivity index (χ1n) is 9.20. The molecule has 1 aromatic rings. The molecule has 2 heterocycles. The molecule has 2 aliphatic heterocycles. The number of piperidine rings is 1. The number of benzene rings is 1. The van der Waals surface area contributed by atoms with Gasteiger partial charge in [-0.1, -0.05) is 36.2 Å². The van der Waals surface area contributed by atoms with Crippen LogP contribution < -0.4 is 5.32 Å². The molecule has 1 unspecified atom stereocenters. The Morgan fingerprint density at radius 1 is 1.25 bits per heavy atom. The van der Waals surface area contributed by atoms with Crippen molar-refractivity contribution < 1.29 is 4.79 Å². The number of hydrogen-bond acceptors (Lipinski definition) is 3. The molecule has 0 bridgehead atoms. The van der Waals surface area contributed by atoms with Gasteiger partial charge >= 0.3 is 0 Å². The molecule has 0 aromatic heterocycles. The standard InChI is InChI=1S/C19H28ClN3O/c20-18-7-3-2-6-16(18)14-19(24)23(17-8-9-21-15-17)13-12-22-10-4-1-5-11-22/h2-3,6-7,17,21H,1,4-5,8-15H2. The highest BCUT2D eigenvalue weighted by Gasteiger charge is 2.27. The van der Waals surface area contributed by atoms with Crippen LogP contribution in [0.3, 0.4) is 0 Å². The summed E-state index contributed by atoms with van der Waals surface area (Å²) in [5.74, 6) is 0.203. The quantitative estimate of drug-likeness (QED) is 0.857. The predicted octanol–water partition coefficient (Wildman–Crippen LogP) is 2.56. The normalized spacial score (nSPS) is 21.8. The van der Waals surface area contributed by atoms with Crippen LogP contribution in [0, 0.1) is 0 Å². The zero-order valence-electron chi connectivity index (χ0n) is 14.3. The SMILES string of the molecule is O=C(Cc1ccccc1Cl)N(CCN1CCCCC1)C1CCNC1. The lowest BCUT2D eigenvalue weighted by atomic mass is 10.1. The molecule has 0 aliphatic carbocycles. The van der Waals surface area contributed by atoms with Gasteiger partial charge in [-0.3, -0.25) is 4.79 Å². The largest absolute Gasteiger partial charge is 0.337 e. The Morgan fingerprint density at radius 2 is 2.04 bits per heavy atom. The number of hydrogen-bond donors (Lipinski definition) is 1. The van der Waals surface area contributed by atoms with Crippen LogP contribution in [0.1, 0.15) is 31.2 Å². The fourth-order valence-electron chi connectivity index (χ4n) is 3.75. The van der Waals surface area contributed by atoms with Crippen molar-refractivity contribution in [2.45, 2.75) is 38.1 Å². The van der Waals surface area contributed by atoms with Crippen molar-refractivity contribution in [2.24, 2.45) is 0 Å². The smallest absolute Gasteiger partial charge is 0.227 e. The van der Waals surface area contributed by atoms with E-state index >= 15 is 0 Å². The molecule has 1 amide bonds. The molecule has 2 aliphatic rings. The van der Waals surface area contributed by atoms with Gasteiger partial charge in [0.2, 0.25) is 5.91 Å². The van der Waals surface area contributed by atoms with Gasteiger partial charge in [-0.05, 0) is 50.5 Å². The summed E-state index contributed by atoms with van der Waals surface area (Å²) >= 11 is 6.24. The lowest BCUT2D eigenvalue weighted by Crippen LogP contribution is -2.47. The number of carbonyl (C=O) groups excluding carboxylic acids is 1. The summed E-state index contributed by atoms with van der Waals surface area (Å²) in [6, 6.07) is 7.99. The van der Waals surface area contributed by atoms with Gasteiger partial charge in [0.15, 0.2) is 0 Å². The fourth-order valence-corrected chi connectivity index (χ4v) is 3.96. The summed E-state index contributed by atoms with van der Waals surface area (Å²) in [4.78, 5) is 17.5. The average molecular weight is 350 g/mol. The van der Waals surface area contributed by atoms with Crippen molar-refractivity contribution in [3.8, 4) is 0 Å². The highest BCUT2D eigenvalue weighted by atomic mass is 35.5. The molecule has 1 N–H and O–H groups in total. The fraction of sp³-hybridized carbons (Fsp3) is 0.632. The molecule has 5 heteroatoms. The van der Waals surface area contributed by atoms with Gasteiger partial charge in [-0.25, -0.2) is 0 Å². The van der Waals surface area contributed by atoms with E-state index in [2.05, 4.69) is 15.1 Å². The number of nitrogens with one attached hydrogen (secondary N) is 1. The van der Waals surface area contributed by atoms with E-state index in [-0.39, 0.29) is 5.91 Å². The molecular formula is C19H28ClN3O. The summed E-state index contributed by atoms with van der Waals surface area (Å²) < 4.78 is 0. The first-order valence-corrected chi connectivity index (χ1v) is 9.58. The molecule has 2 fully saturated rings. The van der Waals surface area contributed by atoms with E-state index in [1.165, 1.54) is 32.4 Å². The number of likely N-dealkylation sites (tertiary alicyclic amines) is 1. The van der Waals surface area contributed by atoms with Crippen LogP contribution >= 0.6 is 11.6 Å². The summed E-state index contributed by atoms with van der Waals surface area (Å²) in [6.07, 6.45) is 5.37. The Bertz CT molecular complexity index is 539. The molecule has 3 rings (SSSR count). The number of rotatable bonds is 6. The van der Waals surface area contributed by atoms with Crippen molar-refractivity contribution >= 4 is 17.5 Å². The maximum Gasteiger partial charge on any atom is 0.227 e. The molecule has 0 spiro atoms. The van der Waals surface area contributed by atoms with Crippen LogP contribution in [0.4, 0.5) is 0 Å². The molecule has 1 aromatic carbocycles. The second-order valence-corrected chi connectivity index (χ2v) is 7.31. The molecule has 2 saturated heterocycles. The van der Waals surface area contributed by atoms with Crippen LogP contribution in [-0.4, -0.2) is 61.0 Å².